The third kappa shape index (κ3) is 4.53. The molecule has 0 fully saturated rings. The summed E-state index contributed by atoms with van der Waals surface area (Å²) in [5, 5.41) is 0.367. The number of nitrogens with zero attached hydrogens (tertiary/aromatic N) is 1. The van der Waals surface area contributed by atoms with E-state index in [0.717, 1.165) is 6.07 Å². The molecule has 0 aliphatic carbocycles. The molecule has 0 aliphatic heterocycles. The average Bonchev–Trinajstić information content (AvgIpc) is 2.62. The maximum atomic E-state index is 12.8. The number of methoxy groups -OCH3 is 1. The Kier molecular flexibility index (Phi) is 5.31. The summed E-state index contributed by atoms with van der Waals surface area (Å²) < 4.78 is 74.0. The van der Waals surface area contributed by atoms with E-state index < -0.39 is 16.4 Å². The molecule has 0 atom stereocenters. The molecule has 0 bridgehead atoms. The molecule has 0 aliphatic rings. The van der Waals surface area contributed by atoms with Gasteiger partial charge in [-0.25, -0.2) is 13.4 Å². The van der Waals surface area contributed by atoms with E-state index in [1.54, 1.807) is 19.9 Å². The number of halogens is 3. The summed E-state index contributed by atoms with van der Waals surface area (Å²) in [5.41, 5.74) is 1.54. The van der Waals surface area contributed by atoms with Gasteiger partial charge < -0.3 is 9.47 Å². The van der Waals surface area contributed by atoms with Crippen LogP contribution < -0.4 is 14.2 Å². The largest absolute Gasteiger partial charge is 0.573 e. The molecule has 0 saturated carbocycles. The molecule has 6 nitrogen and oxygen atoms in total. The number of fused-ring (bicyclic) bond motifs is 1. The second kappa shape index (κ2) is 7.43. The quantitative estimate of drug-likeness (QED) is 0.647. The van der Waals surface area contributed by atoms with Gasteiger partial charge in [0.25, 0.3) is 10.0 Å². The zero-order chi connectivity index (χ0) is 21.4. The van der Waals surface area contributed by atoms with Crippen LogP contribution in [0.5, 0.6) is 11.5 Å². The van der Waals surface area contributed by atoms with E-state index in [1.807, 2.05) is 0 Å². The highest BCUT2D eigenvalue weighted by Crippen LogP contribution is 2.29. The molecule has 1 aromatic heterocycles. The van der Waals surface area contributed by atoms with Crippen LogP contribution in [0, 0.1) is 13.8 Å². The normalized spacial score (nSPS) is 12.1. The Hall–Kier alpha value is -3.01. The first-order valence-corrected chi connectivity index (χ1v) is 9.82. The molecule has 0 spiro atoms. The van der Waals surface area contributed by atoms with E-state index in [0.29, 0.717) is 27.8 Å². The van der Waals surface area contributed by atoms with Crippen molar-refractivity contribution in [3.8, 4) is 11.5 Å². The topological polar surface area (TPSA) is 77.5 Å². The van der Waals surface area contributed by atoms with Crippen molar-refractivity contribution in [1.29, 1.82) is 0 Å². The van der Waals surface area contributed by atoms with Gasteiger partial charge >= 0.3 is 6.36 Å². The highest BCUT2D eigenvalue weighted by molar-refractivity contribution is 7.92. The molecule has 0 saturated heterocycles. The Morgan fingerprint density at radius 1 is 1.00 bits per heavy atom. The monoisotopic (exact) mass is 426 g/mol. The molecule has 0 unspecified atom stereocenters. The molecular formula is C19H17F3N2O4S. The van der Waals surface area contributed by atoms with Crippen molar-refractivity contribution >= 4 is 26.7 Å². The number of anilines is 1. The second-order valence-electron chi connectivity index (χ2n) is 6.22. The SMILES string of the molecule is COc1ccc(S(=O)(=O)Nc2ccc3cc(OC(F)(F)F)ccc3n2)c(C)c1C. The van der Waals surface area contributed by atoms with Crippen LogP contribution in [0.3, 0.4) is 0 Å². The number of nitrogens with one attached hydrogen (secondary N) is 1. The molecule has 0 radical (unpaired) electrons. The maximum absolute atomic E-state index is 12.8. The Bertz CT molecular complexity index is 1180. The molecule has 1 heterocycles. The van der Waals surface area contributed by atoms with Crippen LogP contribution in [0.15, 0.2) is 47.4 Å². The van der Waals surface area contributed by atoms with Gasteiger partial charge in [0.1, 0.15) is 17.3 Å². The molecule has 2 aromatic carbocycles. The van der Waals surface area contributed by atoms with Gasteiger partial charge in [-0.3, -0.25) is 4.72 Å². The fourth-order valence-corrected chi connectivity index (χ4v) is 4.14. The summed E-state index contributed by atoms with van der Waals surface area (Å²) in [6.45, 7) is 3.42. The van der Waals surface area contributed by atoms with Gasteiger partial charge in [-0.1, -0.05) is 0 Å². The van der Waals surface area contributed by atoms with E-state index in [-0.39, 0.29) is 16.5 Å². The highest BCUT2D eigenvalue weighted by Gasteiger charge is 2.31. The van der Waals surface area contributed by atoms with E-state index in [2.05, 4.69) is 14.4 Å². The van der Waals surface area contributed by atoms with E-state index in [4.69, 9.17) is 4.74 Å². The van der Waals surface area contributed by atoms with Gasteiger partial charge in [-0.05, 0) is 67.4 Å². The van der Waals surface area contributed by atoms with E-state index >= 15 is 0 Å². The Labute approximate surface area is 165 Å². The van der Waals surface area contributed by atoms with Crippen molar-refractivity contribution in [3.05, 3.63) is 53.6 Å². The number of alkyl halides is 3. The summed E-state index contributed by atoms with van der Waals surface area (Å²) in [7, 11) is -2.44. The van der Waals surface area contributed by atoms with Gasteiger partial charge in [0, 0.05) is 5.39 Å². The van der Waals surface area contributed by atoms with Crippen molar-refractivity contribution in [2.75, 3.05) is 11.8 Å². The molecular weight excluding hydrogens is 409 g/mol. The van der Waals surface area contributed by atoms with Crippen LogP contribution in [0.4, 0.5) is 19.0 Å². The molecule has 1 N–H and O–H groups in total. The van der Waals surface area contributed by atoms with Crippen LogP contribution in [-0.2, 0) is 10.0 Å². The predicted octanol–water partition coefficient (Wildman–Crippen LogP) is 4.56. The van der Waals surface area contributed by atoms with Crippen LogP contribution in [0.2, 0.25) is 0 Å². The third-order valence-corrected chi connectivity index (χ3v) is 5.83. The van der Waals surface area contributed by atoms with Crippen LogP contribution in [-0.4, -0.2) is 26.9 Å². The fourth-order valence-electron chi connectivity index (χ4n) is 2.83. The lowest BCUT2D eigenvalue weighted by atomic mass is 10.1. The van der Waals surface area contributed by atoms with Gasteiger partial charge in [-0.15, -0.1) is 13.2 Å². The average molecular weight is 426 g/mol. The second-order valence-corrected chi connectivity index (χ2v) is 7.87. The Balaban J connectivity index is 1.91. The lowest BCUT2D eigenvalue weighted by molar-refractivity contribution is -0.274. The number of benzene rings is 2. The lowest BCUT2D eigenvalue weighted by Crippen LogP contribution is -2.17. The van der Waals surface area contributed by atoms with Crippen LogP contribution in [0.25, 0.3) is 10.9 Å². The van der Waals surface area contributed by atoms with E-state index in [9.17, 15) is 21.6 Å². The van der Waals surface area contributed by atoms with E-state index in [1.165, 1.54) is 37.4 Å². The molecule has 3 aromatic rings. The number of ether oxygens (including phenoxy) is 2. The Morgan fingerprint density at radius 3 is 2.38 bits per heavy atom. The summed E-state index contributed by atoms with van der Waals surface area (Å²) in [5.74, 6) is 0.224. The molecule has 29 heavy (non-hydrogen) atoms. The molecule has 154 valence electrons. The standard InChI is InChI=1S/C19H17F3N2O4S/c1-11-12(2)17(8-7-16(11)27-3)29(25,26)24-18-9-4-13-10-14(28-19(20,21)22)5-6-15(13)23-18/h4-10H,1-3H3,(H,23,24). The maximum Gasteiger partial charge on any atom is 0.573 e. The van der Waals surface area contributed by atoms with Crippen molar-refractivity contribution in [2.24, 2.45) is 0 Å². The van der Waals surface area contributed by atoms with Gasteiger partial charge in [-0.2, -0.15) is 0 Å². The summed E-state index contributed by atoms with van der Waals surface area (Å²) in [6, 6.07) is 9.41. The molecule has 0 amide bonds. The number of sulfonamides is 1. The van der Waals surface area contributed by atoms with Crippen molar-refractivity contribution in [1.82, 2.24) is 4.98 Å². The number of hydrogen-bond donors (Lipinski definition) is 1. The van der Waals surface area contributed by atoms with Crippen molar-refractivity contribution in [2.45, 2.75) is 25.1 Å². The van der Waals surface area contributed by atoms with Gasteiger partial charge in [0.05, 0.1) is 17.5 Å². The number of pyridine rings is 1. The smallest absolute Gasteiger partial charge is 0.496 e. The Morgan fingerprint density at radius 2 is 1.72 bits per heavy atom. The van der Waals surface area contributed by atoms with Crippen LogP contribution in [0.1, 0.15) is 11.1 Å². The van der Waals surface area contributed by atoms with Crippen LogP contribution >= 0.6 is 0 Å². The van der Waals surface area contributed by atoms with Crippen molar-refractivity contribution in [3.63, 3.8) is 0 Å². The minimum Gasteiger partial charge on any atom is -0.496 e. The predicted molar refractivity (Wildman–Crippen MR) is 102 cm³/mol. The summed E-state index contributed by atoms with van der Waals surface area (Å²) >= 11 is 0. The molecule has 3 rings (SSSR count). The molecule has 10 heteroatoms. The fraction of sp³-hybridized carbons (Fsp3) is 0.211. The summed E-state index contributed by atoms with van der Waals surface area (Å²) in [4.78, 5) is 4.23. The first-order valence-electron chi connectivity index (χ1n) is 8.34. The summed E-state index contributed by atoms with van der Waals surface area (Å²) in [6.07, 6.45) is -4.80. The van der Waals surface area contributed by atoms with Gasteiger partial charge in [0.15, 0.2) is 0 Å². The minimum atomic E-state index is -4.80. The number of hydrogen-bond acceptors (Lipinski definition) is 5. The first-order chi connectivity index (χ1) is 13.5. The zero-order valence-electron chi connectivity index (χ0n) is 15.7. The van der Waals surface area contributed by atoms with Crippen molar-refractivity contribution < 1.29 is 31.1 Å². The minimum absolute atomic E-state index is 0.0369. The number of rotatable bonds is 5. The highest BCUT2D eigenvalue weighted by atomic mass is 32.2. The van der Waals surface area contributed by atoms with Gasteiger partial charge in [0.2, 0.25) is 0 Å². The third-order valence-electron chi connectivity index (χ3n) is 4.33. The lowest BCUT2D eigenvalue weighted by Gasteiger charge is -2.14. The number of aromatic nitrogens is 1. The first kappa shape index (κ1) is 20.7. The zero-order valence-corrected chi connectivity index (χ0v) is 16.5.